The predicted molar refractivity (Wildman–Crippen MR) is 62.6 cm³/mol. The fraction of sp³-hybridized carbons (Fsp3) is 0.385. The average molecular weight is 230 g/mol. The molecule has 3 aliphatic heterocycles. The Labute approximate surface area is 99.6 Å². The van der Waals surface area contributed by atoms with Gasteiger partial charge in [-0.2, -0.15) is 0 Å². The van der Waals surface area contributed by atoms with Crippen LogP contribution in [-0.4, -0.2) is 35.7 Å². The van der Waals surface area contributed by atoms with Crippen molar-refractivity contribution in [1.82, 2.24) is 10.2 Å². The van der Waals surface area contributed by atoms with Crippen LogP contribution < -0.4 is 5.32 Å². The largest absolute Gasteiger partial charge is 0.335 e. The third-order valence-corrected chi connectivity index (χ3v) is 3.50. The number of nitrogens with one attached hydrogen (secondary N) is 1. The number of hydrogen-bond acceptors (Lipinski definition) is 3. The Morgan fingerprint density at radius 2 is 2.06 bits per heavy atom. The summed E-state index contributed by atoms with van der Waals surface area (Å²) in [5.41, 5.74) is 1.74. The molecule has 2 unspecified atom stereocenters. The topological polar surface area (TPSA) is 49.4 Å². The molecule has 4 heteroatoms. The molecule has 1 N–H and O–H groups in total. The number of fused-ring (bicyclic) bond motifs is 2. The van der Waals surface area contributed by atoms with Gasteiger partial charge >= 0.3 is 0 Å². The van der Waals surface area contributed by atoms with Gasteiger partial charge in [0.25, 0.3) is 0 Å². The summed E-state index contributed by atoms with van der Waals surface area (Å²) in [5, 5.41) is 3.23. The number of carbonyl (C=O) groups is 2. The van der Waals surface area contributed by atoms with Gasteiger partial charge in [-0.1, -0.05) is 24.3 Å². The van der Waals surface area contributed by atoms with Crippen molar-refractivity contribution in [2.45, 2.75) is 25.0 Å². The van der Waals surface area contributed by atoms with E-state index < -0.39 is 0 Å². The molecule has 4 nitrogen and oxygen atoms in total. The van der Waals surface area contributed by atoms with Gasteiger partial charge in [0, 0.05) is 24.7 Å². The highest BCUT2D eigenvalue weighted by Gasteiger charge is 2.42. The van der Waals surface area contributed by atoms with Gasteiger partial charge in [0.15, 0.2) is 0 Å². The maximum Gasteiger partial charge on any atom is 0.240 e. The average Bonchev–Trinajstić information content (AvgIpc) is 2.31. The number of piperazine rings is 1. The number of amides is 1. The van der Waals surface area contributed by atoms with E-state index in [2.05, 4.69) is 5.32 Å². The van der Waals surface area contributed by atoms with E-state index in [0.717, 1.165) is 24.8 Å². The smallest absolute Gasteiger partial charge is 0.240 e. The number of carbonyl (C=O) groups excluding carboxylic acids is 2. The molecule has 2 bridgehead atoms. The van der Waals surface area contributed by atoms with Crippen LogP contribution in [0.5, 0.6) is 0 Å². The van der Waals surface area contributed by atoms with Crippen LogP contribution in [0.3, 0.4) is 0 Å². The Morgan fingerprint density at radius 1 is 1.35 bits per heavy atom. The molecule has 3 saturated heterocycles. The van der Waals surface area contributed by atoms with Crippen LogP contribution in [0.2, 0.25) is 0 Å². The number of aldehydes is 1. The van der Waals surface area contributed by atoms with Crippen molar-refractivity contribution < 1.29 is 9.59 Å². The van der Waals surface area contributed by atoms with Gasteiger partial charge in [-0.15, -0.1) is 0 Å². The number of rotatable bonds is 3. The summed E-state index contributed by atoms with van der Waals surface area (Å²) in [6.45, 7) is 1.44. The number of hydrogen-bond donors (Lipinski definition) is 1. The Balaban J connectivity index is 1.69. The maximum atomic E-state index is 11.9. The first kappa shape index (κ1) is 10.5. The van der Waals surface area contributed by atoms with E-state index in [4.69, 9.17) is 0 Å². The minimum atomic E-state index is 0.0444. The van der Waals surface area contributed by atoms with Crippen LogP contribution in [0.1, 0.15) is 22.3 Å². The molecular formula is C13H14N2O2. The van der Waals surface area contributed by atoms with Crippen molar-refractivity contribution in [2.75, 3.05) is 6.54 Å². The normalized spacial score (nSPS) is 26.6. The lowest BCUT2D eigenvalue weighted by Crippen LogP contribution is -2.69. The molecule has 88 valence electrons. The summed E-state index contributed by atoms with van der Waals surface area (Å²) in [6, 6.07) is 7.91. The minimum absolute atomic E-state index is 0.0444. The fourth-order valence-electron chi connectivity index (χ4n) is 2.48. The highest BCUT2D eigenvalue weighted by atomic mass is 16.2. The van der Waals surface area contributed by atoms with Crippen molar-refractivity contribution in [1.29, 1.82) is 0 Å². The second-order valence-electron chi connectivity index (χ2n) is 4.73. The Bertz CT molecular complexity index is 449. The number of piperidine rings is 1. The quantitative estimate of drug-likeness (QED) is 0.772. The molecule has 0 spiro atoms. The first-order valence-corrected chi connectivity index (χ1v) is 5.85. The summed E-state index contributed by atoms with van der Waals surface area (Å²) in [5.74, 6) is 0.201. The van der Waals surface area contributed by atoms with Crippen molar-refractivity contribution in [3.63, 3.8) is 0 Å². The molecular weight excluding hydrogens is 216 g/mol. The van der Waals surface area contributed by atoms with Gasteiger partial charge in [0.2, 0.25) is 5.91 Å². The summed E-state index contributed by atoms with van der Waals surface area (Å²) in [6.07, 6.45) is 1.81. The third kappa shape index (κ3) is 1.85. The summed E-state index contributed by atoms with van der Waals surface area (Å²) >= 11 is 0. The molecule has 0 saturated carbocycles. The van der Waals surface area contributed by atoms with Crippen LogP contribution in [0.25, 0.3) is 0 Å². The van der Waals surface area contributed by atoms with E-state index >= 15 is 0 Å². The number of benzene rings is 1. The second kappa shape index (κ2) is 3.96. The van der Waals surface area contributed by atoms with Crippen LogP contribution in [-0.2, 0) is 11.3 Å². The SMILES string of the molecule is O=Cc1ccc(CN2CC3CC(N3)C2=O)cc1. The maximum absolute atomic E-state index is 11.9. The molecule has 4 rings (SSSR count). The molecule has 3 aliphatic rings. The lowest BCUT2D eigenvalue weighted by atomic mass is 9.90. The molecule has 0 radical (unpaired) electrons. The molecule has 3 fully saturated rings. The minimum Gasteiger partial charge on any atom is -0.335 e. The molecule has 1 aromatic rings. The van der Waals surface area contributed by atoms with Crippen molar-refractivity contribution in [3.05, 3.63) is 35.4 Å². The van der Waals surface area contributed by atoms with E-state index in [1.54, 1.807) is 12.1 Å². The Hall–Kier alpha value is -1.68. The summed E-state index contributed by atoms with van der Waals surface area (Å²) < 4.78 is 0. The molecule has 2 atom stereocenters. The van der Waals surface area contributed by atoms with Crippen LogP contribution in [0.15, 0.2) is 24.3 Å². The zero-order valence-corrected chi connectivity index (χ0v) is 9.43. The summed E-state index contributed by atoms with van der Waals surface area (Å²) in [7, 11) is 0. The zero-order chi connectivity index (χ0) is 11.8. The third-order valence-electron chi connectivity index (χ3n) is 3.50. The van der Waals surface area contributed by atoms with Gasteiger partial charge in [0.05, 0.1) is 6.04 Å². The van der Waals surface area contributed by atoms with Crippen molar-refractivity contribution >= 4 is 12.2 Å². The van der Waals surface area contributed by atoms with E-state index in [-0.39, 0.29) is 11.9 Å². The van der Waals surface area contributed by atoms with E-state index in [9.17, 15) is 9.59 Å². The zero-order valence-electron chi connectivity index (χ0n) is 9.43. The first-order chi connectivity index (χ1) is 8.26. The Morgan fingerprint density at radius 3 is 2.65 bits per heavy atom. The van der Waals surface area contributed by atoms with E-state index in [1.807, 2.05) is 17.0 Å². The monoisotopic (exact) mass is 230 g/mol. The van der Waals surface area contributed by atoms with Gasteiger partial charge in [-0.25, -0.2) is 0 Å². The van der Waals surface area contributed by atoms with Crippen molar-refractivity contribution in [3.8, 4) is 0 Å². The first-order valence-electron chi connectivity index (χ1n) is 5.85. The predicted octanol–water partition coefficient (Wildman–Crippen LogP) is 0.572. The van der Waals surface area contributed by atoms with Gasteiger partial charge in [-0.3, -0.25) is 9.59 Å². The standard InChI is InChI=1S/C13H14N2O2/c16-8-10-3-1-9(2-4-10)6-15-7-11-5-12(14-11)13(15)17/h1-4,8,11-12,14H,5-7H2. The van der Waals surface area contributed by atoms with Gasteiger partial charge < -0.3 is 10.2 Å². The molecule has 0 aliphatic carbocycles. The van der Waals surface area contributed by atoms with E-state index in [0.29, 0.717) is 18.2 Å². The van der Waals surface area contributed by atoms with Crippen LogP contribution >= 0.6 is 0 Å². The van der Waals surface area contributed by atoms with Crippen LogP contribution in [0, 0.1) is 0 Å². The van der Waals surface area contributed by atoms with E-state index in [1.165, 1.54) is 0 Å². The fourth-order valence-corrected chi connectivity index (χ4v) is 2.48. The summed E-state index contributed by atoms with van der Waals surface area (Å²) in [4.78, 5) is 24.3. The van der Waals surface area contributed by atoms with Crippen LogP contribution in [0.4, 0.5) is 0 Å². The molecule has 1 amide bonds. The highest BCUT2D eigenvalue weighted by molar-refractivity contribution is 5.84. The molecule has 17 heavy (non-hydrogen) atoms. The van der Waals surface area contributed by atoms with Gasteiger partial charge in [-0.05, 0) is 12.0 Å². The van der Waals surface area contributed by atoms with Gasteiger partial charge in [0.1, 0.15) is 6.29 Å². The van der Waals surface area contributed by atoms with Crippen molar-refractivity contribution in [2.24, 2.45) is 0 Å². The number of nitrogens with zero attached hydrogens (tertiary/aromatic N) is 1. The molecule has 1 aromatic carbocycles. The second-order valence-corrected chi connectivity index (χ2v) is 4.73. The molecule has 3 heterocycles. The Kier molecular flexibility index (Phi) is 2.44. The lowest BCUT2D eigenvalue weighted by molar-refractivity contribution is -0.143. The molecule has 0 aromatic heterocycles. The lowest BCUT2D eigenvalue weighted by Gasteiger charge is -2.47. The highest BCUT2D eigenvalue weighted by Crippen LogP contribution is 2.23.